The SMILES string of the molecule is Cc1cccc(Sc2cc(NN)nc(C3CC3)n2)c1. The molecule has 0 spiro atoms. The van der Waals surface area contributed by atoms with Gasteiger partial charge in [-0.05, 0) is 31.9 Å². The van der Waals surface area contributed by atoms with Crippen molar-refractivity contribution < 1.29 is 0 Å². The van der Waals surface area contributed by atoms with Gasteiger partial charge < -0.3 is 5.43 Å². The number of nitrogen functional groups attached to an aromatic ring is 1. The van der Waals surface area contributed by atoms with E-state index in [0.29, 0.717) is 11.7 Å². The highest BCUT2D eigenvalue weighted by molar-refractivity contribution is 7.99. The van der Waals surface area contributed by atoms with Crippen LogP contribution < -0.4 is 11.3 Å². The van der Waals surface area contributed by atoms with Crippen molar-refractivity contribution in [1.29, 1.82) is 0 Å². The van der Waals surface area contributed by atoms with E-state index in [2.05, 4.69) is 46.6 Å². The molecule has 1 aromatic heterocycles. The Kier molecular flexibility index (Phi) is 3.40. The molecule has 3 rings (SSSR count). The summed E-state index contributed by atoms with van der Waals surface area (Å²) in [6, 6.07) is 10.3. The lowest BCUT2D eigenvalue weighted by molar-refractivity contribution is 0.878. The zero-order valence-corrected chi connectivity index (χ0v) is 11.6. The molecule has 0 amide bonds. The second-order valence-electron chi connectivity index (χ2n) is 4.79. The van der Waals surface area contributed by atoms with Crippen LogP contribution in [0.1, 0.15) is 30.1 Å². The first kappa shape index (κ1) is 12.4. The maximum atomic E-state index is 5.48. The molecule has 0 bridgehead atoms. The predicted molar refractivity (Wildman–Crippen MR) is 77.1 cm³/mol. The fourth-order valence-electron chi connectivity index (χ4n) is 1.89. The largest absolute Gasteiger partial charge is 0.308 e. The molecule has 19 heavy (non-hydrogen) atoms. The van der Waals surface area contributed by atoms with Crippen LogP contribution in [-0.2, 0) is 0 Å². The highest BCUT2D eigenvalue weighted by Crippen LogP contribution is 2.39. The molecule has 0 atom stereocenters. The van der Waals surface area contributed by atoms with Crippen LogP contribution in [0.3, 0.4) is 0 Å². The highest BCUT2D eigenvalue weighted by atomic mass is 32.2. The van der Waals surface area contributed by atoms with E-state index >= 15 is 0 Å². The van der Waals surface area contributed by atoms with Crippen LogP contribution in [0.15, 0.2) is 40.3 Å². The standard InChI is InChI=1S/C14H16N4S/c1-9-3-2-4-11(7-9)19-13-8-12(18-15)16-14(17-13)10-5-6-10/h2-4,7-8,10H,5-6,15H2,1H3,(H,16,17,18). The summed E-state index contributed by atoms with van der Waals surface area (Å²) < 4.78 is 0. The molecule has 3 N–H and O–H groups in total. The van der Waals surface area contributed by atoms with Crippen molar-refractivity contribution in [2.45, 2.75) is 35.6 Å². The molecule has 0 unspecified atom stereocenters. The van der Waals surface area contributed by atoms with Crippen LogP contribution in [-0.4, -0.2) is 9.97 Å². The first-order valence-corrected chi connectivity index (χ1v) is 7.16. The quantitative estimate of drug-likeness (QED) is 0.508. The van der Waals surface area contributed by atoms with Crippen molar-refractivity contribution in [2.75, 3.05) is 5.43 Å². The molecule has 1 aliphatic rings. The Morgan fingerprint density at radius 3 is 2.79 bits per heavy atom. The van der Waals surface area contributed by atoms with Crippen molar-refractivity contribution in [1.82, 2.24) is 9.97 Å². The average Bonchev–Trinajstić information content (AvgIpc) is 3.22. The van der Waals surface area contributed by atoms with Crippen molar-refractivity contribution in [2.24, 2.45) is 5.84 Å². The number of rotatable bonds is 4. The Hall–Kier alpha value is -1.59. The number of hydrogen-bond donors (Lipinski definition) is 2. The van der Waals surface area contributed by atoms with E-state index in [1.54, 1.807) is 11.8 Å². The molecule has 98 valence electrons. The molecule has 4 nitrogen and oxygen atoms in total. The second kappa shape index (κ2) is 5.19. The summed E-state index contributed by atoms with van der Waals surface area (Å²) in [7, 11) is 0. The molecule has 0 radical (unpaired) electrons. The van der Waals surface area contributed by atoms with E-state index in [4.69, 9.17) is 5.84 Å². The molecule has 0 aliphatic heterocycles. The van der Waals surface area contributed by atoms with Crippen molar-refractivity contribution in [3.8, 4) is 0 Å². The number of nitrogens with two attached hydrogens (primary N) is 1. The van der Waals surface area contributed by atoms with E-state index < -0.39 is 0 Å². The van der Waals surface area contributed by atoms with Crippen molar-refractivity contribution >= 4 is 17.6 Å². The third-order valence-electron chi connectivity index (χ3n) is 3.02. The summed E-state index contributed by atoms with van der Waals surface area (Å²) in [6.45, 7) is 2.09. The number of nitrogens with one attached hydrogen (secondary N) is 1. The summed E-state index contributed by atoms with van der Waals surface area (Å²) in [4.78, 5) is 10.2. The first-order chi connectivity index (χ1) is 9.24. The Morgan fingerprint density at radius 2 is 2.11 bits per heavy atom. The Balaban J connectivity index is 1.89. The lowest BCUT2D eigenvalue weighted by atomic mass is 10.2. The van der Waals surface area contributed by atoms with Crippen LogP contribution >= 0.6 is 11.8 Å². The molecular weight excluding hydrogens is 256 g/mol. The second-order valence-corrected chi connectivity index (χ2v) is 5.88. The zero-order valence-electron chi connectivity index (χ0n) is 10.8. The van der Waals surface area contributed by atoms with Crippen LogP contribution in [0, 0.1) is 6.92 Å². The van der Waals surface area contributed by atoms with E-state index in [-0.39, 0.29) is 0 Å². The monoisotopic (exact) mass is 272 g/mol. The lowest BCUT2D eigenvalue weighted by Crippen LogP contribution is -2.10. The predicted octanol–water partition coefficient (Wildman–Crippen LogP) is 3.10. The highest BCUT2D eigenvalue weighted by Gasteiger charge is 2.27. The van der Waals surface area contributed by atoms with Gasteiger partial charge in [-0.25, -0.2) is 15.8 Å². The molecule has 1 fully saturated rings. The Morgan fingerprint density at radius 1 is 1.26 bits per heavy atom. The van der Waals surface area contributed by atoms with Crippen molar-refractivity contribution in [3.05, 3.63) is 41.7 Å². The molecule has 1 saturated carbocycles. The Bertz CT molecular complexity index is 596. The van der Waals surface area contributed by atoms with Gasteiger partial charge in [-0.1, -0.05) is 29.5 Å². The topological polar surface area (TPSA) is 63.8 Å². The maximum absolute atomic E-state index is 5.48. The van der Waals surface area contributed by atoms with E-state index in [9.17, 15) is 0 Å². The van der Waals surface area contributed by atoms with Gasteiger partial charge in [-0.3, -0.25) is 0 Å². The van der Waals surface area contributed by atoms with Crippen LogP contribution in [0.4, 0.5) is 5.82 Å². The number of aromatic nitrogens is 2. The Labute approximate surface area is 116 Å². The van der Waals surface area contributed by atoms with Gasteiger partial charge in [-0.2, -0.15) is 0 Å². The summed E-state index contributed by atoms with van der Waals surface area (Å²) in [5.74, 6) is 7.59. The van der Waals surface area contributed by atoms with E-state index in [1.165, 1.54) is 23.3 Å². The fraction of sp³-hybridized carbons (Fsp3) is 0.286. The molecule has 1 aliphatic carbocycles. The van der Waals surface area contributed by atoms with Crippen LogP contribution in [0.25, 0.3) is 0 Å². The van der Waals surface area contributed by atoms with E-state index in [1.807, 2.05) is 6.07 Å². The van der Waals surface area contributed by atoms with Gasteiger partial charge in [0.15, 0.2) is 0 Å². The third kappa shape index (κ3) is 3.05. The van der Waals surface area contributed by atoms with Gasteiger partial charge >= 0.3 is 0 Å². The van der Waals surface area contributed by atoms with Crippen molar-refractivity contribution in [3.63, 3.8) is 0 Å². The number of aryl methyl sites for hydroxylation is 1. The summed E-state index contributed by atoms with van der Waals surface area (Å²) >= 11 is 1.64. The van der Waals surface area contributed by atoms with Gasteiger partial charge in [0.1, 0.15) is 16.7 Å². The van der Waals surface area contributed by atoms with Crippen LogP contribution in [0.2, 0.25) is 0 Å². The summed E-state index contributed by atoms with van der Waals surface area (Å²) in [6.07, 6.45) is 2.37. The normalized spacial score (nSPS) is 14.4. The fourth-order valence-corrected chi connectivity index (χ4v) is 2.84. The van der Waals surface area contributed by atoms with Gasteiger partial charge in [0.2, 0.25) is 0 Å². The maximum Gasteiger partial charge on any atom is 0.144 e. The smallest absolute Gasteiger partial charge is 0.144 e. The lowest BCUT2D eigenvalue weighted by Gasteiger charge is -2.07. The minimum absolute atomic E-state index is 0.519. The van der Waals surface area contributed by atoms with Gasteiger partial charge in [0, 0.05) is 16.9 Å². The number of nitrogens with zero attached hydrogens (tertiary/aromatic N) is 2. The number of anilines is 1. The van der Waals surface area contributed by atoms with Gasteiger partial charge in [0.25, 0.3) is 0 Å². The third-order valence-corrected chi connectivity index (χ3v) is 3.93. The molecule has 5 heteroatoms. The molecule has 2 aromatic rings. The number of hydrazine groups is 1. The van der Waals surface area contributed by atoms with Crippen LogP contribution in [0.5, 0.6) is 0 Å². The zero-order chi connectivity index (χ0) is 13.2. The minimum Gasteiger partial charge on any atom is -0.308 e. The summed E-state index contributed by atoms with van der Waals surface area (Å²) in [5.41, 5.74) is 3.87. The van der Waals surface area contributed by atoms with Gasteiger partial charge in [0.05, 0.1) is 0 Å². The molecule has 0 saturated heterocycles. The molecule has 1 heterocycles. The first-order valence-electron chi connectivity index (χ1n) is 6.35. The summed E-state index contributed by atoms with van der Waals surface area (Å²) in [5, 5.41) is 0.940. The minimum atomic E-state index is 0.519. The number of benzene rings is 1. The van der Waals surface area contributed by atoms with E-state index in [0.717, 1.165) is 10.9 Å². The van der Waals surface area contributed by atoms with Gasteiger partial charge in [-0.15, -0.1) is 0 Å². The average molecular weight is 272 g/mol. The number of hydrogen-bond acceptors (Lipinski definition) is 5. The molecular formula is C14H16N4S. The molecule has 1 aromatic carbocycles.